The number of benzene rings is 1. The number of anilines is 3. The van der Waals surface area contributed by atoms with Crippen LogP contribution in [0, 0.1) is 10.5 Å². The average molecular weight is 474 g/mol. The molecule has 0 unspecified atom stereocenters. The Hall–Kier alpha value is -2.75. The molecule has 1 aromatic carbocycles. The number of hydrogen-bond acceptors (Lipinski definition) is 6. The van der Waals surface area contributed by atoms with Gasteiger partial charge in [-0.15, -0.1) is 0 Å². The number of carbonyl (C=O) groups is 1. The number of pyridine rings is 1. The fourth-order valence-electron chi connectivity index (χ4n) is 2.40. The molecule has 3 rings (SSSR count). The zero-order valence-electron chi connectivity index (χ0n) is 14.7. The number of aromatic nitrogens is 3. The highest BCUT2D eigenvalue weighted by atomic mass is 127. The Balaban J connectivity index is 1.53. The summed E-state index contributed by atoms with van der Waals surface area (Å²) in [4.78, 5) is 25.2. The fraction of sp³-hybridized carbons (Fsp3) is 0.158. The molecule has 0 bridgehead atoms. The van der Waals surface area contributed by atoms with E-state index in [0.29, 0.717) is 41.9 Å². The summed E-state index contributed by atoms with van der Waals surface area (Å²) in [5.74, 6) is 2.61. The normalized spacial score (nSPS) is 10.3. The van der Waals surface area contributed by atoms with Crippen molar-refractivity contribution in [3.63, 3.8) is 0 Å². The Morgan fingerprint density at radius 2 is 1.78 bits per heavy atom. The van der Waals surface area contributed by atoms with Crippen LogP contribution in [0.2, 0.25) is 0 Å². The predicted molar refractivity (Wildman–Crippen MR) is 114 cm³/mol. The number of nitrogens with one attached hydrogen (secondary N) is 3. The van der Waals surface area contributed by atoms with Crippen molar-refractivity contribution in [2.45, 2.75) is 6.92 Å². The van der Waals surface area contributed by atoms with Crippen molar-refractivity contribution in [2.75, 3.05) is 23.7 Å². The van der Waals surface area contributed by atoms with Crippen molar-refractivity contribution in [3.8, 4) is 0 Å². The van der Waals surface area contributed by atoms with Crippen LogP contribution in [-0.4, -0.2) is 33.9 Å². The lowest BCUT2D eigenvalue weighted by molar-refractivity contribution is 0.0954. The third-order valence-electron chi connectivity index (χ3n) is 3.59. The Morgan fingerprint density at radius 1 is 1.00 bits per heavy atom. The Morgan fingerprint density at radius 3 is 2.56 bits per heavy atom. The van der Waals surface area contributed by atoms with Gasteiger partial charge in [-0.05, 0) is 53.8 Å². The highest BCUT2D eigenvalue weighted by Gasteiger charge is 2.08. The topological polar surface area (TPSA) is 91.8 Å². The van der Waals surface area contributed by atoms with Crippen LogP contribution in [-0.2, 0) is 0 Å². The van der Waals surface area contributed by atoms with Crippen LogP contribution in [0.25, 0.3) is 0 Å². The molecule has 3 aromatic rings. The molecular weight excluding hydrogens is 455 g/mol. The van der Waals surface area contributed by atoms with Gasteiger partial charge in [-0.2, -0.15) is 0 Å². The van der Waals surface area contributed by atoms with Crippen LogP contribution < -0.4 is 16.0 Å². The third kappa shape index (κ3) is 5.61. The largest absolute Gasteiger partial charge is 0.368 e. The van der Waals surface area contributed by atoms with Crippen LogP contribution >= 0.6 is 22.6 Å². The summed E-state index contributed by atoms with van der Waals surface area (Å²) in [7, 11) is 0. The maximum Gasteiger partial charge on any atom is 0.252 e. The van der Waals surface area contributed by atoms with Gasteiger partial charge in [0.05, 0.1) is 5.56 Å². The Labute approximate surface area is 171 Å². The first-order valence-corrected chi connectivity index (χ1v) is 9.50. The molecule has 2 aromatic heterocycles. The standard InChI is InChI=1S/C19H19IN6O/c1-13-24-17(12-18(25-13)26-16-8-4-5-9-21-16)22-10-11-23-19(27)14-6-2-3-7-15(14)20/h2-9,12H,10-11H2,1H3,(H,23,27)(H2,21,22,24,25,26). The van der Waals surface area contributed by atoms with E-state index in [-0.39, 0.29) is 5.91 Å². The van der Waals surface area contributed by atoms with Crippen LogP contribution in [0.5, 0.6) is 0 Å². The molecule has 0 saturated carbocycles. The molecule has 0 aliphatic rings. The zero-order chi connectivity index (χ0) is 19.1. The van der Waals surface area contributed by atoms with Gasteiger partial charge in [0.25, 0.3) is 5.91 Å². The Bertz CT molecular complexity index is 919. The molecular formula is C19H19IN6O. The highest BCUT2D eigenvalue weighted by Crippen LogP contribution is 2.15. The smallest absolute Gasteiger partial charge is 0.252 e. The van der Waals surface area contributed by atoms with Crippen LogP contribution in [0.4, 0.5) is 17.5 Å². The van der Waals surface area contributed by atoms with Gasteiger partial charge in [0.2, 0.25) is 0 Å². The van der Waals surface area contributed by atoms with Crippen molar-refractivity contribution in [3.05, 3.63) is 69.7 Å². The van der Waals surface area contributed by atoms with Crippen molar-refractivity contribution < 1.29 is 4.79 Å². The van der Waals surface area contributed by atoms with Gasteiger partial charge in [0, 0.05) is 28.9 Å². The van der Waals surface area contributed by atoms with Crippen LogP contribution in [0.15, 0.2) is 54.7 Å². The maximum atomic E-state index is 12.2. The van der Waals surface area contributed by atoms with E-state index in [1.54, 1.807) is 6.20 Å². The number of halogens is 1. The van der Waals surface area contributed by atoms with E-state index in [4.69, 9.17) is 0 Å². The molecule has 0 atom stereocenters. The summed E-state index contributed by atoms with van der Waals surface area (Å²) in [6, 6.07) is 14.9. The number of aryl methyl sites for hydroxylation is 1. The molecule has 27 heavy (non-hydrogen) atoms. The number of nitrogens with zero attached hydrogens (tertiary/aromatic N) is 3. The second-order valence-electron chi connectivity index (χ2n) is 5.69. The molecule has 0 fully saturated rings. The molecule has 3 N–H and O–H groups in total. The van der Waals surface area contributed by atoms with Crippen molar-refractivity contribution >= 4 is 46.0 Å². The summed E-state index contributed by atoms with van der Waals surface area (Å²) in [6.07, 6.45) is 1.71. The summed E-state index contributed by atoms with van der Waals surface area (Å²) in [5.41, 5.74) is 0.679. The molecule has 138 valence electrons. The van der Waals surface area contributed by atoms with Crippen LogP contribution in [0.1, 0.15) is 16.2 Å². The van der Waals surface area contributed by atoms with Crippen molar-refractivity contribution in [2.24, 2.45) is 0 Å². The van der Waals surface area contributed by atoms with Gasteiger partial charge in [0.1, 0.15) is 23.3 Å². The van der Waals surface area contributed by atoms with E-state index >= 15 is 0 Å². The Kier molecular flexibility index (Phi) is 6.53. The molecule has 0 aliphatic carbocycles. The minimum Gasteiger partial charge on any atom is -0.368 e. The summed E-state index contributed by atoms with van der Waals surface area (Å²) in [5, 5.41) is 9.26. The highest BCUT2D eigenvalue weighted by molar-refractivity contribution is 14.1. The molecule has 0 radical (unpaired) electrons. The van der Waals surface area contributed by atoms with Gasteiger partial charge >= 0.3 is 0 Å². The maximum absolute atomic E-state index is 12.2. The number of rotatable bonds is 7. The molecule has 1 amide bonds. The average Bonchev–Trinajstić information content (AvgIpc) is 2.66. The lowest BCUT2D eigenvalue weighted by Gasteiger charge is -2.11. The molecule has 2 heterocycles. The molecule has 7 nitrogen and oxygen atoms in total. The molecule has 0 spiro atoms. The lowest BCUT2D eigenvalue weighted by Crippen LogP contribution is -2.29. The molecule has 8 heteroatoms. The van der Waals surface area contributed by atoms with Crippen molar-refractivity contribution in [1.82, 2.24) is 20.3 Å². The van der Waals surface area contributed by atoms with Crippen LogP contribution in [0.3, 0.4) is 0 Å². The quantitative estimate of drug-likeness (QED) is 0.360. The first-order chi connectivity index (χ1) is 13.1. The molecule has 0 aliphatic heterocycles. The van der Waals surface area contributed by atoms with Gasteiger partial charge in [0.15, 0.2) is 0 Å². The first-order valence-electron chi connectivity index (χ1n) is 8.42. The van der Waals surface area contributed by atoms with E-state index in [2.05, 4.69) is 53.5 Å². The number of hydrogen-bond donors (Lipinski definition) is 3. The lowest BCUT2D eigenvalue weighted by atomic mass is 10.2. The second kappa shape index (κ2) is 9.26. The van der Waals surface area contributed by atoms with Gasteiger partial charge in [-0.1, -0.05) is 18.2 Å². The fourth-order valence-corrected chi connectivity index (χ4v) is 3.03. The van der Waals surface area contributed by atoms with E-state index < -0.39 is 0 Å². The minimum absolute atomic E-state index is 0.0850. The summed E-state index contributed by atoms with van der Waals surface area (Å²) in [6.45, 7) is 2.86. The monoisotopic (exact) mass is 474 g/mol. The van der Waals surface area contributed by atoms with E-state index in [1.165, 1.54) is 0 Å². The van der Waals surface area contributed by atoms with E-state index in [1.807, 2.05) is 55.5 Å². The SMILES string of the molecule is Cc1nc(NCCNC(=O)c2ccccc2I)cc(Nc2ccccn2)n1. The third-order valence-corrected chi connectivity index (χ3v) is 4.53. The summed E-state index contributed by atoms with van der Waals surface area (Å²) >= 11 is 2.16. The van der Waals surface area contributed by atoms with E-state index in [9.17, 15) is 4.79 Å². The summed E-state index contributed by atoms with van der Waals surface area (Å²) < 4.78 is 0.928. The van der Waals surface area contributed by atoms with Crippen molar-refractivity contribution in [1.29, 1.82) is 0 Å². The number of amides is 1. The minimum atomic E-state index is -0.0850. The second-order valence-corrected chi connectivity index (χ2v) is 6.85. The zero-order valence-corrected chi connectivity index (χ0v) is 16.9. The number of carbonyl (C=O) groups excluding carboxylic acids is 1. The van der Waals surface area contributed by atoms with E-state index in [0.717, 1.165) is 3.57 Å². The van der Waals surface area contributed by atoms with Gasteiger partial charge in [-0.25, -0.2) is 15.0 Å². The van der Waals surface area contributed by atoms with Gasteiger partial charge < -0.3 is 16.0 Å². The molecule has 0 saturated heterocycles. The van der Waals surface area contributed by atoms with Gasteiger partial charge in [-0.3, -0.25) is 4.79 Å². The predicted octanol–water partition coefficient (Wildman–Crippen LogP) is 3.37. The first kappa shape index (κ1) is 19.0.